The summed E-state index contributed by atoms with van der Waals surface area (Å²) in [6.07, 6.45) is 6.25. The van der Waals surface area contributed by atoms with E-state index in [1.807, 2.05) is 13.0 Å². The highest BCUT2D eigenvalue weighted by atomic mass is 15.1. The highest BCUT2D eigenvalue weighted by molar-refractivity contribution is 6.22. The average molecular weight is 603 g/mol. The molecule has 0 atom stereocenters. The Bertz CT molecular complexity index is 2450. The summed E-state index contributed by atoms with van der Waals surface area (Å²) >= 11 is 0. The Labute approximate surface area is 275 Å². The molecule has 2 heteroatoms. The van der Waals surface area contributed by atoms with Gasteiger partial charge in [-0.25, -0.2) is 4.98 Å². The first-order valence-electron chi connectivity index (χ1n) is 16.2. The van der Waals surface area contributed by atoms with Crippen LogP contribution in [0.15, 0.2) is 170 Å². The van der Waals surface area contributed by atoms with Crippen molar-refractivity contribution in [2.45, 2.75) is 13.8 Å². The van der Waals surface area contributed by atoms with E-state index in [4.69, 9.17) is 4.98 Å². The van der Waals surface area contributed by atoms with Gasteiger partial charge in [0.1, 0.15) is 5.82 Å². The largest absolute Gasteiger partial charge is 0.293 e. The van der Waals surface area contributed by atoms with Gasteiger partial charge in [0.15, 0.2) is 0 Å². The van der Waals surface area contributed by atoms with Crippen LogP contribution in [0.4, 0.5) is 0 Å². The molecule has 0 aliphatic heterocycles. The van der Waals surface area contributed by atoms with Crippen LogP contribution < -0.4 is 0 Å². The number of imidazole rings is 1. The molecule has 2 nitrogen and oxygen atoms in total. The minimum atomic E-state index is 0.952. The van der Waals surface area contributed by atoms with Crippen LogP contribution in [0.3, 0.4) is 0 Å². The van der Waals surface area contributed by atoms with Crippen LogP contribution in [0.1, 0.15) is 19.7 Å². The minimum Gasteiger partial charge on any atom is -0.293 e. The van der Waals surface area contributed by atoms with Gasteiger partial charge in [0.25, 0.3) is 0 Å². The fraction of sp³-hybridized carbons (Fsp3) is 0.0444. The first kappa shape index (κ1) is 28.5. The summed E-state index contributed by atoms with van der Waals surface area (Å²) in [4.78, 5) is 5.04. The molecule has 0 saturated carbocycles. The Morgan fingerprint density at radius 2 is 1.09 bits per heavy atom. The molecule has 0 aliphatic rings. The molecule has 8 aromatic rings. The van der Waals surface area contributed by atoms with Crippen molar-refractivity contribution in [3.05, 3.63) is 176 Å². The standard InChI is InChI=1S/C45H34N2/c1-3-4-15-31(2)45-46-41-22-13-14-23-42(41)47(45)36-27-24-34(25-28-36)44-38-21-12-11-20-37(38)43(33-18-9-6-10-19-33)39-29-26-35(30-40(39)44)32-16-7-5-8-17-32/h3-30H,1-2H3/b4-3-,31-15+. The van der Waals surface area contributed by atoms with Crippen molar-refractivity contribution in [3.63, 3.8) is 0 Å². The molecule has 0 spiro atoms. The molecule has 0 amide bonds. The van der Waals surface area contributed by atoms with Gasteiger partial charge in [0.2, 0.25) is 0 Å². The summed E-state index contributed by atoms with van der Waals surface area (Å²) in [6.45, 7) is 4.16. The number of aromatic nitrogens is 2. The lowest BCUT2D eigenvalue weighted by molar-refractivity contribution is 1.05. The molecule has 224 valence electrons. The van der Waals surface area contributed by atoms with Crippen molar-refractivity contribution in [1.82, 2.24) is 9.55 Å². The fourth-order valence-electron chi connectivity index (χ4n) is 6.86. The molecule has 0 aliphatic carbocycles. The predicted octanol–water partition coefficient (Wildman–Crippen LogP) is 12.3. The zero-order valence-corrected chi connectivity index (χ0v) is 26.6. The molecule has 7 aromatic carbocycles. The molecule has 0 fully saturated rings. The molecule has 0 N–H and O–H groups in total. The van der Waals surface area contributed by atoms with Crippen molar-refractivity contribution in [3.8, 4) is 39.1 Å². The van der Waals surface area contributed by atoms with Crippen LogP contribution in [0.25, 0.3) is 77.2 Å². The van der Waals surface area contributed by atoms with Crippen molar-refractivity contribution in [2.75, 3.05) is 0 Å². The molecule has 1 heterocycles. The second kappa shape index (κ2) is 12.1. The number of allylic oxidation sites excluding steroid dienone is 4. The first-order chi connectivity index (χ1) is 23.2. The number of benzene rings is 7. The van der Waals surface area contributed by atoms with Gasteiger partial charge in [-0.1, -0.05) is 140 Å². The van der Waals surface area contributed by atoms with E-state index in [1.54, 1.807) is 0 Å². The van der Waals surface area contributed by atoms with Gasteiger partial charge in [0.05, 0.1) is 11.0 Å². The molecular weight excluding hydrogens is 569 g/mol. The van der Waals surface area contributed by atoms with E-state index < -0.39 is 0 Å². The van der Waals surface area contributed by atoms with Crippen molar-refractivity contribution >= 4 is 38.2 Å². The number of rotatable bonds is 6. The Morgan fingerprint density at radius 1 is 0.532 bits per heavy atom. The summed E-state index contributed by atoms with van der Waals surface area (Å²) in [6, 6.07) is 54.7. The third-order valence-corrected chi connectivity index (χ3v) is 9.06. The summed E-state index contributed by atoms with van der Waals surface area (Å²) in [5, 5.41) is 5.00. The maximum atomic E-state index is 5.04. The molecule has 0 radical (unpaired) electrons. The highest BCUT2D eigenvalue weighted by Crippen LogP contribution is 2.45. The van der Waals surface area contributed by atoms with Crippen molar-refractivity contribution in [2.24, 2.45) is 0 Å². The quantitative estimate of drug-likeness (QED) is 0.137. The van der Waals surface area contributed by atoms with E-state index in [-0.39, 0.29) is 0 Å². The van der Waals surface area contributed by atoms with Gasteiger partial charge in [-0.05, 0) is 105 Å². The van der Waals surface area contributed by atoms with Crippen LogP contribution in [0.2, 0.25) is 0 Å². The summed E-state index contributed by atoms with van der Waals surface area (Å²) < 4.78 is 2.27. The molecule has 0 unspecified atom stereocenters. The SMILES string of the molecule is C/C=C\C=C(/C)c1nc2ccccc2n1-c1ccc(-c2c3ccccc3c(-c3ccccc3)c3ccc(-c4ccccc4)cc23)cc1. The third-order valence-electron chi connectivity index (χ3n) is 9.06. The molecular formula is C45H34N2. The number of hydrogen-bond acceptors (Lipinski definition) is 1. The Balaban J connectivity index is 1.38. The monoisotopic (exact) mass is 602 g/mol. The number of para-hydroxylation sites is 2. The molecule has 0 saturated heterocycles. The molecule has 47 heavy (non-hydrogen) atoms. The zero-order valence-electron chi connectivity index (χ0n) is 26.6. The first-order valence-corrected chi connectivity index (χ1v) is 16.2. The van der Waals surface area contributed by atoms with Gasteiger partial charge in [0, 0.05) is 5.69 Å². The lowest BCUT2D eigenvalue weighted by Crippen LogP contribution is -2.00. The van der Waals surface area contributed by atoms with Crippen molar-refractivity contribution < 1.29 is 0 Å². The van der Waals surface area contributed by atoms with Crippen LogP contribution in [0.5, 0.6) is 0 Å². The highest BCUT2D eigenvalue weighted by Gasteiger charge is 2.18. The van der Waals surface area contributed by atoms with E-state index >= 15 is 0 Å². The summed E-state index contributed by atoms with van der Waals surface area (Å²) in [5.74, 6) is 0.952. The Kier molecular flexibility index (Phi) is 7.32. The molecule has 1 aromatic heterocycles. The van der Waals surface area contributed by atoms with E-state index in [2.05, 4.69) is 175 Å². The molecule has 0 bridgehead atoms. The topological polar surface area (TPSA) is 17.8 Å². The second-order valence-corrected chi connectivity index (χ2v) is 12.0. The maximum absolute atomic E-state index is 5.04. The van der Waals surface area contributed by atoms with Gasteiger partial charge in [-0.15, -0.1) is 0 Å². The third kappa shape index (κ3) is 5.05. The number of fused-ring (bicyclic) bond motifs is 3. The normalized spacial score (nSPS) is 12.1. The van der Waals surface area contributed by atoms with Gasteiger partial charge < -0.3 is 0 Å². The van der Waals surface area contributed by atoms with Crippen LogP contribution >= 0.6 is 0 Å². The van der Waals surface area contributed by atoms with Crippen LogP contribution in [-0.2, 0) is 0 Å². The number of nitrogens with zero attached hydrogens (tertiary/aromatic N) is 2. The second-order valence-electron chi connectivity index (χ2n) is 12.0. The Hall–Kier alpha value is -5.99. The van der Waals surface area contributed by atoms with E-state index in [0.717, 1.165) is 28.1 Å². The predicted molar refractivity (Wildman–Crippen MR) is 201 cm³/mol. The Morgan fingerprint density at radius 3 is 1.79 bits per heavy atom. The van der Waals surface area contributed by atoms with E-state index in [1.165, 1.54) is 54.9 Å². The lowest BCUT2D eigenvalue weighted by Gasteiger charge is -2.19. The fourth-order valence-corrected chi connectivity index (χ4v) is 6.86. The molecule has 8 rings (SSSR count). The van der Waals surface area contributed by atoms with Gasteiger partial charge >= 0.3 is 0 Å². The summed E-state index contributed by atoms with van der Waals surface area (Å²) in [5.41, 5.74) is 11.6. The number of hydrogen-bond donors (Lipinski definition) is 0. The van der Waals surface area contributed by atoms with Crippen LogP contribution in [0, 0.1) is 0 Å². The summed E-state index contributed by atoms with van der Waals surface area (Å²) in [7, 11) is 0. The van der Waals surface area contributed by atoms with E-state index in [0.29, 0.717) is 0 Å². The van der Waals surface area contributed by atoms with Gasteiger partial charge in [-0.2, -0.15) is 0 Å². The van der Waals surface area contributed by atoms with E-state index in [9.17, 15) is 0 Å². The van der Waals surface area contributed by atoms with Crippen LogP contribution in [-0.4, -0.2) is 9.55 Å². The van der Waals surface area contributed by atoms with Gasteiger partial charge in [-0.3, -0.25) is 4.57 Å². The smallest absolute Gasteiger partial charge is 0.141 e. The maximum Gasteiger partial charge on any atom is 0.141 e. The lowest BCUT2D eigenvalue weighted by atomic mass is 9.85. The average Bonchev–Trinajstić information content (AvgIpc) is 3.53. The van der Waals surface area contributed by atoms with Crippen molar-refractivity contribution in [1.29, 1.82) is 0 Å². The zero-order chi connectivity index (χ0) is 31.7. The minimum absolute atomic E-state index is 0.952.